The number of likely N-dealkylation sites (tertiary alicyclic amines) is 1. The molecule has 2 aliphatic heterocycles. The Balaban J connectivity index is 2.00. The van der Waals surface area contributed by atoms with Crippen LogP contribution in [0.4, 0.5) is 0 Å². The number of piperidine rings is 1. The summed E-state index contributed by atoms with van der Waals surface area (Å²) in [6.45, 7) is 6.07. The van der Waals surface area contributed by atoms with Gasteiger partial charge < -0.3 is 20.3 Å². The Morgan fingerprint density at radius 2 is 1.78 bits per heavy atom. The summed E-state index contributed by atoms with van der Waals surface area (Å²) in [7, 11) is 0. The fourth-order valence-corrected chi connectivity index (χ4v) is 3.14. The third-order valence-electron chi connectivity index (χ3n) is 4.30. The zero-order valence-electron chi connectivity index (χ0n) is 13.7. The number of nitrogens with two attached hydrogens (primary N) is 1. The van der Waals surface area contributed by atoms with E-state index in [-0.39, 0.29) is 35.5 Å². The van der Waals surface area contributed by atoms with Crippen molar-refractivity contribution >= 4 is 11.8 Å². The van der Waals surface area contributed by atoms with Gasteiger partial charge in [0.2, 0.25) is 5.91 Å². The fourth-order valence-electron chi connectivity index (χ4n) is 3.14. The molecule has 2 saturated heterocycles. The van der Waals surface area contributed by atoms with Crippen LogP contribution in [0.25, 0.3) is 0 Å². The second kappa shape index (κ2) is 7.47. The first kappa shape index (κ1) is 17.3. The summed E-state index contributed by atoms with van der Waals surface area (Å²) in [5, 5.41) is 9.33. The van der Waals surface area contributed by atoms with Gasteiger partial charge in [0.15, 0.2) is 0 Å². The highest BCUT2D eigenvalue weighted by molar-refractivity contribution is 5.97. The van der Waals surface area contributed by atoms with E-state index in [1.165, 1.54) is 0 Å². The molecule has 23 heavy (non-hydrogen) atoms. The van der Waals surface area contributed by atoms with Crippen molar-refractivity contribution in [1.29, 1.82) is 5.26 Å². The second-order valence-corrected chi connectivity index (χ2v) is 6.33. The van der Waals surface area contributed by atoms with Gasteiger partial charge in [-0.3, -0.25) is 9.59 Å². The van der Waals surface area contributed by atoms with Gasteiger partial charge in [-0.15, -0.1) is 0 Å². The molecule has 0 radical (unpaired) electrons. The lowest BCUT2D eigenvalue weighted by Crippen LogP contribution is -2.48. The van der Waals surface area contributed by atoms with Crippen LogP contribution < -0.4 is 5.73 Å². The SMILES string of the molecule is CC1CN(C(=O)/C(C#N)=C\N2CCC(C(N)=O)CC2)CC(C)O1. The molecule has 0 aromatic carbocycles. The number of morpholine rings is 1. The second-order valence-electron chi connectivity index (χ2n) is 6.33. The van der Waals surface area contributed by atoms with Crippen molar-refractivity contribution in [2.24, 2.45) is 11.7 Å². The Morgan fingerprint density at radius 3 is 2.26 bits per heavy atom. The topological polar surface area (TPSA) is 99.7 Å². The Bertz CT molecular complexity index is 522. The van der Waals surface area contributed by atoms with E-state index in [2.05, 4.69) is 0 Å². The Hall–Kier alpha value is -2.07. The maximum absolute atomic E-state index is 12.5. The molecule has 0 aromatic rings. The maximum Gasteiger partial charge on any atom is 0.266 e. The molecule has 0 aliphatic carbocycles. The summed E-state index contributed by atoms with van der Waals surface area (Å²) in [5.41, 5.74) is 5.44. The van der Waals surface area contributed by atoms with Crippen molar-refractivity contribution in [3.8, 4) is 6.07 Å². The minimum atomic E-state index is -0.276. The van der Waals surface area contributed by atoms with E-state index < -0.39 is 0 Å². The van der Waals surface area contributed by atoms with Gasteiger partial charge in [0.05, 0.1) is 12.2 Å². The first-order chi connectivity index (χ1) is 10.9. The molecule has 2 aliphatic rings. The van der Waals surface area contributed by atoms with E-state index in [1.54, 1.807) is 11.1 Å². The molecule has 2 atom stereocenters. The molecule has 126 valence electrons. The Kier molecular flexibility index (Phi) is 5.61. The molecule has 7 heteroatoms. The van der Waals surface area contributed by atoms with Crippen LogP contribution in [0.2, 0.25) is 0 Å². The predicted octanol–water partition coefficient (Wildman–Crippen LogP) is 0.227. The van der Waals surface area contributed by atoms with Gasteiger partial charge in [0.1, 0.15) is 11.6 Å². The zero-order chi connectivity index (χ0) is 17.0. The Labute approximate surface area is 136 Å². The van der Waals surface area contributed by atoms with Crippen LogP contribution in [0.3, 0.4) is 0 Å². The zero-order valence-corrected chi connectivity index (χ0v) is 13.7. The van der Waals surface area contributed by atoms with E-state index in [1.807, 2.05) is 24.8 Å². The number of nitriles is 1. The average molecular weight is 320 g/mol. The molecule has 0 bridgehead atoms. The number of rotatable bonds is 3. The summed E-state index contributed by atoms with van der Waals surface area (Å²) in [4.78, 5) is 27.3. The molecule has 0 saturated carbocycles. The monoisotopic (exact) mass is 320 g/mol. The Morgan fingerprint density at radius 1 is 1.22 bits per heavy atom. The standard InChI is InChI=1S/C16H24N4O3/c1-11-8-20(9-12(2)23-11)16(22)14(7-17)10-19-5-3-13(4-6-19)15(18)21/h10-13H,3-6,8-9H2,1-2H3,(H2,18,21)/b14-10-. The lowest BCUT2D eigenvalue weighted by Gasteiger charge is -2.35. The van der Waals surface area contributed by atoms with E-state index in [0.29, 0.717) is 39.0 Å². The van der Waals surface area contributed by atoms with Crippen LogP contribution in [0.5, 0.6) is 0 Å². The van der Waals surface area contributed by atoms with Crippen LogP contribution in [0.1, 0.15) is 26.7 Å². The maximum atomic E-state index is 12.5. The molecule has 2 fully saturated rings. The molecular weight excluding hydrogens is 296 g/mol. The number of primary amides is 1. The van der Waals surface area contributed by atoms with E-state index in [4.69, 9.17) is 10.5 Å². The number of hydrogen-bond acceptors (Lipinski definition) is 5. The van der Waals surface area contributed by atoms with Gasteiger partial charge in [0, 0.05) is 38.3 Å². The largest absolute Gasteiger partial charge is 0.376 e. The summed E-state index contributed by atoms with van der Waals surface area (Å²) in [6, 6.07) is 2.01. The lowest BCUT2D eigenvalue weighted by molar-refractivity contribution is -0.138. The van der Waals surface area contributed by atoms with E-state index in [9.17, 15) is 14.9 Å². The summed E-state index contributed by atoms with van der Waals surface area (Å²) >= 11 is 0. The van der Waals surface area contributed by atoms with Crippen molar-refractivity contribution in [3.63, 3.8) is 0 Å². The fraction of sp³-hybridized carbons (Fsp3) is 0.688. The molecule has 2 heterocycles. The van der Waals surface area contributed by atoms with Crippen LogP contribution >= 0.6 is 0 Å². The predicted molar refractivity (Wildman–Crippen MR) is 83.8 cm³/mol. The van der Waals surface area contributed by atoms with E-state index >= 15 is 0 Å². The molecule has 2 rings (SSSR count). The normalized spacial score (nSPS) is 26.7. The van der Waals surface area contributed by atoms with Gasteiger partial charge in [0.25, 0.3) is 5.91 Å². The number of carbonyl (C=O) groups excluding carboxylic acids is 2. The van der Waals surface area contributed by atoms with Gasteiger partial charge in [-0.2, -0.15) is 5.26 Å². The smallest absolute Gasteiger partial charge is 0.266 e. The van der Waals surface area contributed by atoms with Crippen molar-refractivity contribution in [1.82, 2.24) is 9.80 Å². The lowest BCUT2D eigenvalue weighted by atomic mass is 9.96. The van der Waals surface area contributed by atoms with Crippen LogP contribution in [-0.2, 0) is 14.3 Å². The van der Waals surface area contributed by atoms with Crippen molar-refractivity contribution in [3.05, 3.63) is 11.8 Å². The van der Waals surface area contributed by atoms with Crippen molar-refractivity contribution in [2.45, 2.75) is 38.9 Å². The van der Waals surface area contributed by atoms with E-state index in [0.717, 1.165) is 0 Å². The first-order valence-corrected chi connectivity index (χ1v) is 8.00. The summed E-state index contributed by atoms with van der Waals surface area (Å²) in [6.07, 6.45) is 2.86. The third-order valence-corrected chi connectivity index (χ3v) is 4.30. The number of carbonyl (C=O) groups is 2. The first-order valence-electron chi connectivity index (χ1n) is 8.00. The van der Waals surface area contributed by atoms with Crippen molar-refractivity contribution in [2.75, 3.05) is 26.2 Å². The molecule has 7 nitrogen and oxygen atoms in total. The molecule has 0 aromatic heterocycles. The van der Waals surface area contributed by atoms with Gasteiger partial charge in [-0.1, -0.05) is 0 Å². The van der Waals surface area contributed by atoms with Gasteiger partial charge >= 0.3 is 0 Å². The molecule has 2 amide bonds. The summed E-state index contributed by atoms with van der Waals surface area (Å²) in [5.74, 6) is -0.644. The highest BCUT2D eigenvalue weighted by Gasteiger charge is 2.29. The number of nitrogens with zero attached hydrogens (tertiary/aromatic N) is 3. The quantitative estimate of drug-likeness (QED) is 0.592. The van der Waals surface area contributed by atoms with Crippen molar-refractivity contribution < 1.29 is 14.3 Å². The highest BCUT2D eigenvalue weighted by atomic mass is 16.5. The average Bonchev–Trinajstić information content (AvgIpc) is 2.51. The number of amides is 2. The molecular formula is C16H24N4O3. The molecule has 2 unspecified atom stereocenters. The van der Waals surface area contributed by atoms with Crippen LogP contribution in [0.15, 0.2) is 11.8 Å². The van der Waals surface area contributed by atoms with Crippen LogP contribution in [-0.4, -0.2) is 60.0 Å². The van der Waals surface area contributed by atoms with Gasteiger partial charge in [-0.05, 0) is 26.7 Å². The van der Waals surface area contributed by atoms with Crippen LogP contribution in [0, 0.1) is 17.2 Å². The highest BCUT2D eigenvalue weighted by Crippen LogP contribution is 2.19. The van der Waals surface area contributed by atoms with Gasteiger partial charge in [-0.25, -0.2) is 0 Å². The number of hydrogen-bond donors (Lipinski definition) is 1. The minimum absolute atomic E-state index is 0.0334. The molecule has 0 spiro atoms. The molecule has 2 N–H and O–H groups in total. The number of ether oxygens (including phenoxy) is 1. The summed E-state index contributed by atoms with van der Waals surface area (Å²) < 4.78 is 5.61. The minimum Gasteiger partial charge on any atom is -0.376 e. The third kappa shape index (κ3) is 4.45.